The number of amides is 2. The van der Waals surface area contributed by atoms with Gasteiger partial charge in [-0.05, 0) is 47.0 Å². The summed E-state index contributed by atoms with van der Waals surface area (Å²) in [6, 6.07) is 16.4. The van der Waals surface area contributed by atoms with Crippen molar-refractivity contribution in [1.29, 1.82) is 0 Å². The Morgan fingerprint density at radius 1 is 1.11 bits per heavy atom. The van der Waals surface area contributed by atoms with Crippen molar-refractivity contribution in [2.75, 3.05) is 13.7 Å². The van der Waals surface area contributed by atoms with Gasteiger partial charge >= 0.3 is 0 Å². The zero-order chi connectivity index (χ0) is 19.7. The fourth-order valence-corrected chi connectivity index (χ4v) is 3.82. The summed E-state index contributed by atoms with van der Waals surface area (Å²) in [4.78, 5) is 24.6. The standard InChI is InChI=1S/C22H19ClN2O3/c1-28-13-8-9-17(19(23)12-13)15-5-2-6-16-14(15)4-3-7-18(16)21(26)25-20-10-11-24-22(20)27/h2-9,12,20H,10-11H2,1H3,(H,24,27)(H,25,26). The number of halogens is 1. The molecular formula is C22H19ClN2O3. The molecule has 1 heterocycles. The highest BCUT2D eigenvalue weighted by atomic mass is 35.5. The molecule has 4 rings (SSSR count). The van der Waals surface area contributed by atoms with Crippen LogP contribution >= 0.6 is 11.6 Å². The first-order chi connectivity index (χ1) is 13.6. The molecule has 3 aromatic carbocycles. The van der Waals surface area contributed by atoms with E-state index in [1.54, 1.807) is 19.2 Å². The number of carbonyl (C=O) groups is 2. The van der Waals surface area contributed by atoms with Crippen molar-refractivity contribution in [2.45, 2.75) is 12.5 Å². The predicted molar refractivity (Wildman–Crippen MR) is 110 cm³/mol. The van der Waals surface area contributed by atoms with Gasteiger partial charge in [0, 0.05) is 17.7 Å². The molecule has 0 saturated carbocycles. The number of nitrogens with one attached hydrogen (secondary N) is 2. The molecule has 0 spiro atoms. The van der Waals surface area contributed by atoms with Gasteiger partial charge in [-0.25, -0.2) is 0 Å². The van der Waals surface area contributed by atoms with Crippen LogP contribution in [0.25, 0.3) is 21.9 Å². The molecule has 0 aromatic heterocycles. The maximum atomic E-state index is 12.8. The summed E-state index contributed by atoms with van der Waals surface area (Å²) < 4.78 is 5.23. The molecule has 142 valence electrons. The van der Waals surface area contributed by atoms with Gasteiger partial charge in [-0.15, -0.1) is 0 Å². The molecule has 2 amide bonds. The van der Waals surface area contributed by atoms with Gasteiger partial charge in [0.1, 0.15) is 11.8 Å². The summed E-state index contributed by atoms with van der Waals surface area (Å²) in [5.74, 6) is 0.286. The monoisotopic (exact) mass is 394 g/mol. The Kier molecular flexibility index (Phi) is 4.92. The average Bonchev–Trinajstić information content (AvgIpc) is 3.11. The molecule has 28 heavy (non-hydrogen) atoms. The van der Waals surface area contributed by atoms with Crippen molar-refractivity contribution in [3.63, 3.8) is 0 Å². The van der Waals surface area contributed by atoms with Crippen LogP contribution in [0.3, 0.4) is 0 Å². The van der Waals surface area contributed by atoms with Crippen molar-refractivity contribution in [2.24, 2.45) is 0 Å². The van der Waals surface area contributed by atoms with E-state index in [4.69, 9.17) is 16.3 Å². The Labute approximate surface area is 167 Å². The first-order valence-corrected chi connectivity index (χ1v) is 9.40. The summed E-state index contributed by atoms with van der Waals surface area (Å²) in [6.45, 7) is 0.583. The van der Waals surface area contributed by atoms with Crippen LogP contribution in [-0.2, 0) is 4.79 Å². The quantitative estimate of drug-likeness (QED) is 0.707. The topological polar surface area (TPSA) is 67.4 Å². The van der Waals surface area contributed by atoms with E-state index in [1.807, 2.05) is 42.5 Å². The van der Waals surface area contributed by atoms with Crippen LogP contribution in [0.2, 0.25) is 5.02 Å². The Hall–Kier alpha value is -3.05. The highest BCUT2D eigenvalue weighted by Gasteiger charge is 2.26. The van der Waals surface area contributed by atoms with Gasteiger partial charge in [-0.3, -0.25) is 9.59 Å². The minimum atomic E-state index is -0.484. The Balaban J connectivity index is 1.76. The SMILES string of the molecule is COc1ccc(-c2cccc3c(C(=O)NC4CCNC4=O)cccc23)c(Cl)c1. The van der Waals surface area contributed by atoms with Gasteiger partial charge in [-0.2, -0.15) is 0 Å². The van der Waals surface area contributed by atoms with Crippen molar-refractivity contribution >= 4 is 34.2 Å². The highest BCUT2D eigenvalue weighted by molar-refractivity contribution is 6.34. The zero-order valence-electron chi connectivity index (χ0n) is 15.3. The number of hydrogen-bond donors (Lipinski definition) is 2. The van der Waals surface area contributed by atoms with Crippen LogP contribution in [0.1, 0.15) is 16.8 Å². The summed E-state index contributed by atoms with van der Waals surface area (Å²) in [6.07, 6.45) is 0.599. The Bertz CT molecular complexity index is 1080. The molecule has 0 bridgehead atoms. The minimum Gasteiger partial charge on any atom is -0.497 e. The average molecular weight is 395 g/mol. The fourth-order valence-electron chi connectivity index (χ4n) is 3.55. The molecule has 1 aliphatic heterocycles. The van der Waals surface area contributed by atoms with Gasteiger partial charge < -0.3 is 15.4 Å². The van der Waals surface area contributed by atoms with E-state index < -0.39 is 6.04 Å². The van der Waals surface area contributed by atoms with Crippen LogP contribution in [-0.4, -0.2) is 31.5 Å². The number of carbonyl (C=O) groups excluding carboxylic acids is 2. The van der Waals surface area contributed by atoms with Crippen LogP contribution in [0.15, 0.2) is 54.6 Å². The van der Waals surface area contributed by atoms with Crippen LogP contribution in [0, 0.1) is 0 Å². The Morgan fingerprint density at radius 3 is 2.61 bits per heavy atom. The van der Waals surface area contributed by atoms with E-state index in [9.17, 15) is 9.59 Å². The van der Waals surface area contributed by atoms with Crippen molar-refractivity contribution in [3.05, 3.63) is 65.2 Å². The molecule has 5 nitrogen and oxygen atoms in total. The number of ether oxygens (including phenoxy) is 1. The molecule has 0 radical (unpaired) electrons. The number of methoxy groups -OCH3 is 1. The lowest BCUT2D eigenvalue weighted by molar-refractivity contribution is -0.120. The van der Waals surface area contributed by atoms with Gasteiger partial charge in [0.2, 0.25) is 5.91 Å². The summed E-state index contributed by atoms with van der Waals surface area (Å²) in [5.41, 5.74) is 2.32. The maximum Gasteiger partial charge on any atom is 0.252 e. The third-order valence-electron chi connectivity index (χ3n) is 4.99. The summed E-state index contributed by atoms with van der Waals surface area (Å²) >= 11 is 6.47. The van der Waals surface area contributed by atoms with Gasteiger partial charge in [-0.1, -0.05) is 41.9 Å². The second-order valence-corrected chi connectivity index (χ2v) is 7.06. The minimum absolute atomic E-state index is 0.140. The second kappa shape index (κ2) is 7.52. The summed E-state index contributed by atoms with van der Waals surface area (Å²) in [7, 11) is 1.60. The van der Waals surface area contributed by atoms with E-state index >= 15 is 0 Å². The molecule has 0 aliphatic carbocycles. The number of rotatable bonds is 4. The molecule has 1 fully saturated rings. The smallest absolute Gasteiger partial charge is 0.252 e. The largest absolute Gasteiger partial charge is 0.497 e. The Morgan fingerprint density at radius 2 is 1.89 bits per heavy atom. The number of benzene rings is 3. The molecule has 6 heteroatoms. The maximum absolute atomic E-state index is 12.8. The normalized spacial score (nSPS) is 16.1. The van der Waals surface area contributed by atoms with Crippen LogP contribution in [0.4, 0.5) is 0 Å². The second-order valence-electron chi connectivity index (χ2n) is 6.66. The van der Waals surface area contributed by atoms with E-state index in [0.717, 1.165) is 21.9 Å². The highest BCUT2D eigenvalue weighted by Crippen LogP contribution is 2.36. The first kappa shape index (κ1) is 18.3. The molecule has 1 saturated heterocycles. The van der Waals surface area contributed by atoms with Gasteiger partial charge in [0.25, 0.3) is 5.91 Å². The van der Waals surface area contributed by atoms with Gasteiger partial charge in [0.05, 0.1) is 12.1 Å². The van der Waals surface area contributed by atoms with Gasteiger partial charge in [0.15, 0.2) is 0 Å². The third kappa shape index (κ3) is 3.29. The first-order valence-electron chi connectivity index (χ1n) is 9.02. The summed E-state index contributed by atoms with van der Waals surface area (Å²) in [5, 5.41) is 7.86. The molecule has 2 N–H and O–H groups in total. The molecule has 1 aliphatic rings. The molecular weight excluding hydrogens is 376 g/mol. The van der Waals surface area contributed by atoms with Crippen LogP contribution < -0.4 is 15.4 Å². The third-order valence-corrected chi connectivity index (χ3v) is 5.30. The number of hydrogen-bond acceptors (Lipinski definition) is 3. The van der Waals surface area contributed by atoms with Crippen LogP contribution in [0.5, 0.6) is 5.75 Å². The van der Waals surface area contributed by atoms with E-state index in [1.165, 1.54) is 0 Å². The lowest BCUT2D eigenvalue weighted by atomic mass is 9.95. The lowest BCUT2D eigenvalue weighted by Crippen LogP contribution is -2.40. The molecule has 3 aromatic rings. The van der Waals surface area contributed by atoms with Crippen molar-refractivity contribution < 1.29 is 14.3 Å². The molecule has 1 unspecified atom stereocenters. The van der Waals surface area contributed by atoms with Crippen molar-refractivity contribution in [3.8, 4) is 16.9 Å². The van der Waals surface area contributed by atoms with E-state index in [-0.39, 0.29) is 11.8 Å². The fraction of sp³-hybridized carbons (Fsp3) is 0.182. The predicted octanol–water partition coefficient (Wildman–Crippen LogP) is 3.79. The number of fused-ring (bicyclic) bond motifs is 1. The van der Waals surface area contributed by atoms with E-state index in [0.29, 0.717) is 29.3 Å². The van der Waals surface area contributed by atoms with Crippen molar-refractivity contribution in [1.82, 2.24) is 10.6 Å². The zero-order valence-corrected chi connectivity index (χ0v) is 16.0. The lowest BCUT2D eigenvalue weighted by Gasteiger charge is -2.14. The molecule has 1 atom stereocenters. The van der Waals surface area contributed by atoms with E-state index in [2.05, 4.69) is 10.6 Å².